The second-order valence-electron chi connectivity index (χ2n) is 6.07. The maximum Gasteiger partial charge on any atom is 0.269 e. The van der Waals surface area contributed by atoms with Crippen LogP contribution in [-0.2, 0) is 18.3 Å². The fourth-order valence-electron chi connectivity index (χ4n) is 2.64. The van der Waals surface area contributed by atoms with E-state index >= 15 is 0 Å². The summed E-state index contributed by atoms with van der Waals surface area (Å²) in [5.74, 6) is -0.204. The number of rotatable bonds is 6. The Morgan fingerprint density at radius 1 is 1.36 bits per heavy atom. The average molecular weight is 342 g/mol. The number of nitrogens with zero attached hydrogens (tertiary/aromatic N) is 3. The van der Waals surface area contributed by atoms with Gasteiger partial charge in [-0.3, -0.25) is 19.6 Å². The molecule has 1 aromatic heterocycles. The van der Waals surface area contributed by atoms with Gasteiger partial charge in [-0.1, -0.05) is 0 Å². The number of aromatic nitrogens is 2. The van der Waals surface area contributed by atoms with E-state index in [-0.39, 0.29) is 17.6 Å². The molecule has 0 unspecified atom stereocenters. The topological polar surface area (TPSA) is 90.1 Å². The van der Waals surface area contributed by atoms with E-state index in [4.69, 9.17) is 0 Å². The van der Waals surface area contributed by atoms with Crippen molar-refractivity contribution >= 4 is 17.7 Å². The smallest absolute Gasteiger partial charge is 0.269 e. The van der Waals surface area contributed by atoms with Crippen molar-refractivity contribution in [2.24, 2.45) is 7.05 Å². The SMILES string of the molecule is Cc1nn(C)c(C)c1C[C@H](C)NC(=O)/C=C\c1ccc([N+](=O)[O-])cc1. The first-order chi connectivity index (χ1) is 11.8. The molecule has 1 aromatic carbocycles. The molecule has 0 aliphatic heterocycles. The summed E-state index contributed by atoms with van der Waals surface area (Å²) in [6.45, 7) is 5.92. The van der Waals surface area contributed by atoms with Gasteiger partial charge in [0.05, 0.1) is 10.6 Å². The van der Waals surface area contributed by atoms with Crippen molar-refractivity contribution in [2.75, 3.05) is 0 Å². The molecule has 0 aliphatic carbocycles. The van der Waals surface area contributed by atoms with Crippen molar-refractivity contribution in [1.29, 1.82) is 0 Å². The number of nitrogens with one attached hydrogen (secondary N) is 1. The van der Waals surface area contributed by atoms with Crippen molar-refractivity contribution in [3.63, 3.8) is 0 Å². The van der Waals surface area contributed by atoms with Gasteiger partial charge in [0.2, 0.25) is 5.91 Å². The summed E-state index contributed by atoms with van der Waals surface area (Å²) in [6, 6.07) is 6.00. The Hall–Kier alpha value is -2.96. The maximum atomic E-state index is 12.0. The number of nitro benzene ring substituents is 1. The molecule has 0 radical (unpaired) electrons. The number of hydrogen-bond acceptors (Lipinski definition) is 4. The molecule has 25 heavy (non-hydrogen) atoms. The van der Waals surface area contributed by atoms with Crippen LogP contribution < -0.4 is 5.32 Å². The zero-order valence-corrected chi connectivity index (χ0v) is 14.8. The maximum absolute atomic E-state index is 12.0. The third-order valence-electron chi connectivity index (χ3n) is 4.09. The van der Waals surface area contributed by atoms with Crippen LogP contribution in [0, 0.1) is 24.0 Å². The van der Waals surface area contributed by atoms with Gasteiger partial charge < -0.3 is 5.32 Å². The Labute approximate surface area is 146 Å². The van der Waals surface area contributed by atoms with Gasteiger partial charge in [0.25, 0.3) is 5.69 Å². The molecule has 2 rings (SSSR count). The van der Waals surface area contributed by atoms with Crippen molar-refractivity contribution in [1.82, 2.24) is 15.1 Å². The normalized spacial score (nSPS) is 12.3. The summed E-state index contributed by atoms with van der Waals surface area (Å²) in [7, 11) is 1.90. The number of aryl methyl sites for hydroxylation is 2. The highest BCUT2D eigenvalue weighted by Crippen LogP contribution is 2.15. The molecule has 7 nitrogen and oxygen atoms in total. The lowest BCUT2D eigenvalue weighted by atomic mass is 10.1. The zero-order valence-electron chi connectivity index (χ0n) is 14.8. The van der Waals surface area contributed by atoms with Gasteiger partial charge >= 0.3 is 0 Å². The molecule has 0 saturated heterocycles. The monoisotopic (exact) mass is 342 g/mol. The van der Waals surface area contributed by atoms with Gasteiger partial charge in [0.1, 0.15) is 0 Å². The van der Waals surface area contributed by atoms with Gasteiger partial charge in [-0.15, -0.1) is 0 Å². The number of hydrogen-bond donors (Lipinski definition) is 1. The first-order valence-corrected chi connectivity index (χ1v) is 8.00. The van der Waals surface area contributed by atoms with Gasteiger partial charge in [-0.2, -0.15) is 5.10 Å². The Bertz CT molecular complexity index is 806. The summed E-state index contributed by atoms with van der Waals surface area (Å²) in [4.78, 5) is 22.2. The number of benzene rings is 1. The van der Waals surface area contributed by atoms with Crippen LogP contribution in [-0.4, -0.2) is 26.7 Å². The first-order valence-electron chi connectivity index (χ1n) is 8.00. The number of carbonyl (C=O) groups excluding carboxylic acids is 1. The summed E-state index contributed by atoms with van der Waals surface area (Å²) in [6.07, 6.45) is 3.77. The largest absolute Gasteiger partial charge is 0.350 e. The fraction of sp³-hybridized carbons (Fsp3) is 0.333. The van der Waals surface area contributed by atoms with E-state index in [0.717, 1.165) is 22.5 Å². The molecule has 1 N–H and O–H groups in total. The van der Waals surface area contributed by atoms with E-state index in [1.807, 2.05) is 32.5 Å². The van der Waals surface area contributed by atoms with Gasteiger partial charge in [0, 0.05) is 37.0 Å². The number of amides is 1. The highest BCUT2D eigenvalue weighted by atomic mass is 16.6. The Morgan fingerprint density at radius 3 is 2.52 bits per heavy atom. The lowest BCUT2D eigenvalue weighted by Crippen LogP contribution is -2.33. The molecule has 1 atom stereocenters. The molecular weight excluding hydrogens is 320 g/mol. The van der Waals surface area contributed by atoms with Crippen molar-refractivity contribution < 1.29 is 9.72 Å². The van der Waals surface area contributed by atoms with Crippen LogP contribution in [0.1, 0.15) is 29.4 Å². The number of carbonyl (C=O) groups is 1. The molecule has 7 heteroatoms. The lowest BCUT2D eigenvalue weighted by Gasteiger charge is -2.13. The Morgan fingerprint density at radius 2 is 2.00 bits per heavy atom. The molecule has 1 heterocycles. The van der Waals surface area contributed by atoms with Crippen LogP contribution in [0.2, 0.25) is 0 Å². The zero-order chi connectivity index (χ0) is 18.6. The number of non-ortho nitro benzene ring substituents is 1. The average Bonchev–Trinajstić information content (AvgIpc) is 2.79. The van der Waals surface area contributed by atoms with Crippen LogP contribution in [0.15, 0.2) is 30.3 Å². The predicted octanol–water partition coefficient (Wildman–Crippen LogP) is 2.71. The summed E-state index contributed by atoms with van der Waals surface area (Å²) >= 11 is 0. The number of nitro groups is 1. The lowest BCUT2D eigenvalue weighted by molar-refractivity contribution is -0.384. The van der Waals surface area contributed by atoms with Crippen LogP contribution in [0.4, 0.5) is 5.69 Å². The third-order valence-corrected chi connectivity index (χ3v) is 4.09. The highest BCUT2D eigenvalue weighted by Gasteiger charge is 2.13. The molecular formula is C18H22N4O3. The van der Waals surface area contributed by atoms with Crippen LogP contribution >= 0.6 is 0 Å². The van der Waals surface area contributed by atoms with Crippen molar-refractivity contribution in [3.8, 4) is 0 Å². The van der Waals surface area contributed by atoms with Gasteiger partial charge in [-0.25, -0.2) is 0 Å². The standard InChI is InChI=1S/C18H22N4O3/c1-12(11-17-13(2)20-21(4)14(17)3)19-18(23)10-7-15-5-8-16(9-6-15)22(24)25/h5-10,12H,11H2,1-4H3,(H,19,23)/b10-7-/t12-/m0/s1. The summed E-state index contributed by atoms with van der Waals surface area (Å²) in [5, 5.41) is 17.9. The minimum atomic E-state index is -0.454. The molecule has 0 aliphatic rings. The first kappa shape index (κ1) is 18.4. The van der Waals surface area contributed by atoms with Crippen LogP contribution in [0.3, 0.4) is 0 Å². The van der Waals surface area contributed by atoms with Crippen molar-refractivity contribution in [2.45, 2.75) is 33.2 Å². The Balaban J connectivity index is 1.93. The van der Waals surface area contributed by atoms with E-state index in [1.165, 1.54) is 18.2 Å². The van der Waals surface area contributed by atoms with Crippen LogP contribution in [0.25, 0.3) is 6.08 Å². The Kier molecular flexibility index (Phi) is 5.69. The van der Waals surface area contributed by atoms with Crippen molar-refractivity contribution in [3.05, 3.63) is 63.0 Å². The third kappa shape index (κ3) is 4.76. The fourth-order valence-corrected chi connectivity index (χ4v) is 2.64. The molecule has 1 amide bonds. The minimum absolute atomic E-state index is 0.0254. The van der Waals surface area contributed by atoms with Gasteiger partial charge in [0.15, 0.2) is 0 Å². The second kappa shape index (κ2) is 7.74. The molecule has 0 fully saturated rings. The minimum Gasteiger partial charge on any atom is -0.350 e. The molecule has 0 spiro atoms. The van der Waals surface area contributed by atoms with Crippen LogP contribution in [0.5, 0.6) is 0 Å². The molecule has 0 bridgehead atoms. The van der Waals surface area contributed by atoms with E-state index in [9.17, 15) is 14.9 Å². The van der Waals surface area contributed by atoms with E-state index < -0.39 is 4.92 Å². The summed E-state index contributed by atoms with van der Waals surface area (Å²) in [5.41, 5.74) is 3.97. The second-order valence-corrected chi connectivity index (χ2v) is 6.07. The molecule has 132 valence electrons. The highest BCUT2D eigenvalue weighted by molar-refractivity contribution is 5.91. The molecule has 0 saturated carbocycles. The van der Waals surface area contributed by atoms with E-state index in [0.29, 0.717) is 6.42 Å². The predicted molar refractivity (Wildman–Crippen MR) is 96.1 cm³/mol. The summed E-state index contributed by atoms with van der Waals surface area (Å²) < 4.78 is 1.84. The van der Waals surface area contributed by atoms with E-state index in [1.54, 1.807) is 18.2 Å². The van der Waals surface area contributed by atoms with Gasteiger partial charge in [-0.05, 0) is 56.5 Å². The quantitative estimate of drug-likeness (QED) is 0.496. The molecule has 2 aromatic rings. The van der Waals surface area contributed by atoms with E-state index in [2.05, 4.69) is 10.4 Å².